The van der Waals surface area contributed by atoms with E-state index < -0.39 is 12.0 Å². The van der Waals surface area contributed by atoms with E-state index in [0.717, 1.165) is 0 Å². The molecule has 4 heterocycles. The zero-order chi connectivity index (χ0) is 22.2. The number of hydrogen-bond acceptors (Lipinski definition) is 8. The van der Waals surface area contributed by atoms with Crippen molar-refractivity contribution in [1.82, 2.24) is 35.3 Å². The fraction of sp³-hybridized carbons (Fsp3) is 0.556. The SMILES string of the molecule is CCC(NC(=O)C1CCN(c2ccc3nnc(C(F)(F)F)n3n2)CC1)c1noc(C)n1. The minimum absolute atomic E-state index is 0.0210. The fourth-order valence-corrected chi connectivity index (χ4v) is 3.59. The molecule has 4 rings (SSSR count). The Labute approximate surface area is 174 Å². The lowest BCUT2D eigenvalue weighted by Crippen LogP contribution is -2.42. The number of carbonyl (C=O) groups excluding carboxylic acids is 1. The van der Waals surface area contributed by atoms with E-state index >= 15 is 0 Å². The molecule has 0 radical (unpaired) electrons. The number of aryl methyl sites for hydroxylation is 1. The van der Waals surface area contributed by atoms with Gasteiger partial charge in [-0.3, -0.25) is 4.79 Å². The maximum Gasteiger partial charge on any atom is 0.453 e. The minimum Gasteiger partial charge on any atom is -0.355 e. The Hall–Kier alpha value is -3.25. The summed E-state index contributed by atoms with van der Waals surface area (Å²) in [5, 5.41) is 17.6. The van der Waals surface area contributed by atoms with Gasteiger partial charge in [-0.2, -0.15) is 22.7 Å². The number of amides is 1. The molecule has 1 amide bonds. The Bertz CT molecular complexity index is 1070. The number of rotatable bonds is 5. The van der Waals surface area contributed by atoms with Gasteiger partial charge in [0.25, 0.3) is 5.82 Å². The number of hydrogen-bond donors (Lipinski definition) is 1. The number of aromatic nitrogens is 6. The summed E-state index contributed by atoms with van der Waals surface area (Å²) in [5.41, 5.74) is 0.0210. The number of alkyl halides is 3. The fourth-order valence-electron chi connectivity index (χ4n) is 3.59. The number of fused-ring (bicyclic) bond motifs is 1. The number of nitrogens with zero attached hydrogens (tertiary/aromatic N) is 7. The predicted octanol–water partition coefficient (Wildman–Crippen LogP) is 2.32. The van der Waals surface area contributed by atoms with Crippen molar-refractivity contribution < 1.29 is 22.5 Å². The zero-order valence-corrected chi connectivity index (χ0v) is 16.9. The van der Waals surface area contributed by atoms with Gasteiger partial charge < -0.3 is 14.7 Å². The quantitative estimate of drug-likeness (QED) is 0.646. The second-order valence-electron chi connectivity index (χ2n) is 7.39. The third-order valence-electron chi connectivity index (χ3n) is 5.27. The van der Waals surface area contributed by atoms with Crippen LogP contribution in [0.2, 0.25) is 0 Å². The van der Waals surface area contributed by atoms with Gasteiger partial charge in [-0.15, -0.1) is 15.3 Å². The molecule has 1 N–H and O–H groups in total. The summed E-state index contributed by atoms with van der Waals surface area (Å²) in [4.78, 5) is 18.7. The van der Waals surface area contributed by atoms with Gasteiger partial charge in [-0.25, -0.2) is 0 Å². The van der Waals surface area contributed by atoms with Crippen LogP contribution in [0.15, 0.2) is 16.7 Å². The van der Waals surface area contributed by atoms with Crippen LogP contribution in [0.5, 0.6) is 0 Å². The van der Waals surface area contributed by atoms with Crippen molar-refractivity contribution in [2.45, 2.75) is 45.3 Å². The smallest absolute Gasteiger partial charge is 0.355 e. The normalized spacial score (nSPS) is 16.6. The molecule has 0 aromatic carbocycles. The molecule has 0 aliphatic carbocycles. The van der Waals surface area contributed by atoms with Crippen molar-refractivity contribution in [1.29, 1.82) is 0 Å². The number of halogens is 3. The van der Waals surface area contributed by atoms with E-state index in [0.29, 0.717) is 54.4 Å². The molecule has 3 aromatic heterocycles. The van der Waals surface area contributed by atoms with Crippen LogP contribution in [0, 0.1) is 12.8 Å². The number of piperidine rings is 1. The topological polar surface area (TPSA) is 114 Å². The molecule has 0 bridgehead atoms. The largest absolute Gasteiger partial charge is 0.453 e. The Morgan fingerprint density at radius 1 is 1.29 bits per heavy atom. The first-order chi connectivity index (χ1) is 14.8. The molecule has 31 heavy (non-hydrogen) atoms. The standard InChI is InChI=1S/C18H21F3N8O2/c1-3-12(15-22-10(2)31-27-15)23-16(30)11-6-8-28(9-7-11)14-5-4-13-24-25-17(18(19,20)21)29(13)26-14/h4-5,11-12H,3,6-9H2,1-2H3,(H,23,30). The summed E-state index contributed by atoms with van der Waals surface area (Å²) < 4.78 is 44.9. The number of anilines is 1. The van der Waals surface area contributed by atoms with Crippen LogP contribution in [0.4, 0.5) is 19.0 Å². The highest BCUT2D eigenvalue weighted by Gasteiger charge is 2.38. The predicted molar refractivity (Wildman–Crippen MR) is 101 cm³/mol. The average molecular weight is 438 g/mol. The average Bonchev–Trinajstić information content (AvgIpc) is 3.37. The number of carbonyl (C=O) groups is 1. The highest BCUT2D eigenvalue weighted by atomic mass is 19.4. The van der Waals surface area contributed by atoms with Crippen molar-refractivity contribution >= 4 is 17.4 Å². The first-order valence-electron chi connectivity index (χ1n) is 9.91. The molecule has 0 spiro atoms. The summed E-state index contributed by atoms with van der Waals surface area (Å²) in [6, 6.07) is 2.72. The second kappa shape index (κ2) is 8.12. The first-order valence-corrected chi connectivity index (χ1v) is 9.91. The van der Waals surface area contributed by atoms with Gasteiger partial charge in [-0.05, 0) is 31.4 Å². The highest BCUT2D eigenvalue weighted by molar-refractivity contribution is 5.79. The molecule has 166 valence electrons. The number of nitrogens with one attached hydrogen (secondary N) is 1. The van der Waals surface area contributed by atoms with E-state index in [4.69, 9.17) is 4.52 Å². The Balaban J connectivity index is 1.41. The van der Waals surface area contributed by atoms with Crippen LogP contribution in [0.25, 0.3) is 5.65 Å². The minimum atomic E-state index is -4.65. The van der Waals surface area contributed by atoms with Crippen molar-refractivity contribution in [3.8, 4) is 0 Å². The van der Waals surface area contributed by atoms with Crippen molar-refractivity contribution in [3.63, 3.8) is 0 Å². The molecular weight excluding hydrogens is 417 g/mol. The molecule has 1 aliphatic rings. The van der Waals surface area contributed by atoms with E-state index in [1.165, 1.54) is 6.07 Å². The Morgan fingerprint density at radius 3 is 2.65 bits per heavy atom. The van der Waals surface area contributed by atoms with Crippen molar-refractivity contribution in [2.75, 3.05) is 18.0 Å². The molecule has 0 saturated carbocycles. The van der Waals surface area contributed by atoms with E-state index in [2.05, 4.69) is 30.8 Å². The van der Waals surface area contributed by atoms with Gasteiger partial charge in [0.2, 0.25) is 11.8 Å². The van der Waals surface area contributed by atoms with Gasteiger partial charge in [0.1, 0.15) is 5.82 Å². The first kappa shape index (κ1) is 21.0. The van der Waals surface area contributed by atoms with E-state index in [-0.39, 0.29) is 23.5 Å². The van der Waals surface area contributed by atoms with Crippen molar-refractivity contribution in [3.05, 3.63) is 29.7 Å². The molecule has 1 unspecified atom stereocenters. The van der Waals surface area contributed by atoms with Crippen LogP contribution >= 0.6 is 0 Å². The lowest BCUT2D eigenvalue weighted by atomic mass is 9.95. The Morgan fingerprint density at radius 2 is 2.03 bits per heavy atom. The highest BCUT2D eigenvalue weighted by Crippen LogP contribution is 2.29. The van der Waals surface area contributed by atoms with Crippen LogP contribution in [-0.2, 0) is 11.0 Å². The molecule has 1 saturated heterocycles. The van der Waals surface area contributed by atoms with Gasteiger partial charge in [-0.1, -0.05) is 12.1 Å². The second-order valence-corrected chi connectivity index (χ2v) is 7.39. The maximum absolute atomic E-state index is 13.1. The molecule has 1 atom stereocenters. The van der Waals surface area contributed by atoms with Gasteiger partial charge in [0, 0.05) is 25.9 Å². The summed E-state index contributed by atoms with van der Waals surface area (Å²) in [5.74, 6) is -0.232. The molecule has 1 fully saturated rings. The molecule has 3 aromatic rings. The van der Waals surface area contributed by atoms with Crippen LogP contribution in [0.1, 0.15) is 49.8 Å². The summed E-state index contributed by atoms with van der Waals surface area (Å²) >= 11 is 0. The van der Waals surface area contributed by atoms with Crippen LogP contribution < -0.4 is 10.2 Å². The summed E-state index contributed by atoms with van der Waals surface area (Å²) in [6.45, 7) is 4.57. The summed E-state index contributed by atoms with van der Waals surface area (Å²) in [7, 11) is 0. The monoisotopic (exact) mass is 438 g/mol. The lowest BCUT2D eigenvalue weighted by molar-refractivity contribution is -0.146. The van der Waals surface area contributed by atoms with E-state index in [1.807, 2.05) is 11.8 Å². The third-order valence-corrected chi connectivity index (χ3v) is 5.27. The van der Waals surface area contributed by atoms with Gasteiger partial charge >= 0.3 is 6.18 Å². The maximum atomic E-state index is 13.1. The molecular formula is C18H21F3N8O2. The lowest BCUT2D eigenvalue weighted by Gasteiger charge is -2.32. The summed E-state index contributed by atoms with van der Waals surface area (Å²) in [6.07, 6.45) is -2.94. The van der Waals surface area contributed by atoms with Gasteiger partial charge in [0.15, 0.2) is 11.5 Å². The zero-order valence-electron chi connectivity index (χ0n) is 16.9. The van der Waals surface area contributed by atoms with E-state index in [1.54, 1.807) is 13.0 Å². The molecule has 1 aliphatic heterocycles. The molecule has 10 nitrogen and oxygen atoms in total. The third kappa shape index (κ3) is 4.30. The Kier molecular flexibility index (Phi) is 5.50. The van der Waals surface area contributed by atoms with E-state index in [9.17, 15) is 18.0 Å². The van der Waals surface area contributed by atoms with Crippen LogP contribution in [0.3, 0.4) is 0 Å². The van der Waals surface area contributed by atoms with Crippen molar-refractivity contribution in [2.24, 2.45) is 5.92 Å². The molecule has 13 heteroatoms. The van der Waals surface area contributed by atoms with Gasteiger partial charge in [0.05, 0.1) is 6.04 Å². The van der Waals surface area contributed by atoms with Crippen LogP contribution in [-0.4, -0.2) is 48.9 Å².